The molecule has 19 heavy (non-hydrogen) atoms. The van der Waals surface area contributed by atoms with Crippen molar-refractivity contribution in [3.05, 3.63) is 30.3 Å². The van der Waals surface area contributed by atoms with Gasteiger partial charge in [-0.3, -0.25) is 4.99 Å². The number of amidine groups is 1. The second-order valence-electron chi connectivity index (χ2n) is 4.57. The summed E-state index contributed by atoms with van der Waals surface area (Å²) < 4.78 is 0. The first-order valence-electron chi connectivity index (χ1n) is 6.51. The Morgan fingerprint density at radius 3 is 2.53 bits per heavy atom. The molecule has 0 unspecified atom stereocenters. The number of rotatable bonds is 5. The first-order valence-corrected chi connectivity index (χ1v) is 8.83. The Kier molecular flexibility index (Phi) is 8.42. The minimum Gasteiger partial charge on any atom is -0.387 e. The van der Waals surface area contributed by atoms with Gasteiger partial charge in [-0.2, -0.15) is 0 Å². The lowest BCUT2D eigenvalue weighted by molar-refractivity contribution is 0.443. The predicted molar refractivity (Wildman–Crippen MR) is 90.5 cm³/mol. The minimum atomic E-state index is 0. The molecule has 1 aromatic rings. The van der Waals surface area contributed by atoms with Crippen LogP contribution in [0.15, 0.2) is 40.2 Å². The average Bonchev–Trinajstić information content (AvgIpc) is 2.41. The number of benzene rings is 1. The monoisotopic (exact) mass is 316 g/mol. The maximum absolute atomic E-state index is 5.98. The van der Waals surface area contributed by atoms with Crippen LogP contribution in [0.2, 0.25) is 0 Å². The van der Waals surface area contributed by atoms with Crippen LogP contribution in [0.5, 0.6) is 0 Å². The third-order valence-corrected chi connectivity index (χ3v) is 5.31. The van der Waals surface area contributed by atoms with Gasteiger partial charge in [0.05, 0.1) is 11.8 Å². The van der Waals surface area contributed by atoms with E-state index in [9.17, 15) is 0 Å². The molecule has 5 heteroatoms. The van der Waals surface area contributed by atoms with Crippen LogP contribution >= 0.6 is 34.0 Å². The Balaban J connectivity index is 0.00000180. The molecule has 2 nitrogen and oxygen atoms in total. The topological polar surface area (TPSA) is 38.4 Å². The van der Waals surface area contributed by atoms with Crippen LogP contribution in [0.3, 0.4) is 0 Å². The van der Waals surface area contributed by atoms with E-state index >= 15 is 0 Å². The number of hydrogen-bond acceptors (Lipinski definition) is 3. The van der Waals surface area contributed by atoms with E-state index in [1.807, 2.05) is 6.07 Å². The van der Waals surface area contributed by atoms with Crippen LogP contribution in [0.25, 0.3) is 0 Å². The lowest BCUT2D eigenvalue weighted by Crippen LogP contribution is -2.20. The van der Waals surface area contributed by atoms with Gasteiger partial charge in [-0.25, -0.2) is 0 Å². The zero-order valence-corrected chi connectivity index (χ0v) is 13.4. The SMILES string of the molecule is Cl.NC(CSSc1ccccc1)=NC1CCCCC1. The van der Waals surface area contributed by atoms with Crippen molar-refractivity contribution in [1.82, 2.24) is 0 Å². The van der Waals surface area contributed by atoms with Crippen molar-refractivity contribution in [1.29, 1.82) is 0 Å². The van der Waals surface area contributed by atoms with Crippen molar-refractivity contribution in [3.63, 3.8) is 0 Å². The quantitative estimate of drug-likeness (QED) is 0.492. The molecule has 1 aliphatic rings. The van der Waals surface area contributed by atoms with Gasteiger partial charge in [0.2, 0.25) is 0 Å². The summed E-state index contributed by atoms with van der Waals surface area (Å²) in [6.07, 6.45) is 6.43. The maximum Gasteiger partial charge on any atom is 0.105 e. The Bertz CT molecular complexity index is 378. The standard InChI is InChI=1S/C14H20N2S2.ClH/c15-14(16-12-7-3-1-4-8-12)11-17-18-13-9-5-2-6-10-13;/h2,5-6,9-10,12H,1,3-4,7-8,11H2,(H2,15,16);1H. The summed E-state index contributed by atoms with van der Waals surface area (Å²) in [5.74, 6) is 1.62. The van der Waals surface area contributed by atoms with E-state index in [-0.39, 0.29) is 12.4 Å². The fraction of sp³-hybridized carbons (Fsp3) is 0.500. The zero-order valence-electron chi connectivity index (χ0n) is 11.0. The van der Waals surface area contributed by atoms with Crippen molar-refractivity contribution in [2.45, 2.75) is 43.0 Å². The van der Waals surface area contributed by atoms with Crippen LogP contribution in [-0.2, 0) is 0 Å². The second kappa shape index (κ2) is 9.56. The fourth-order valence-electron chi connectivity index (χ4n) is 2.12. The van der Waals surface area contributed by atoms with Gasteiger partial charge >= 0.3 is 0 Å². The number of nitrogens with two attached hydrogens (primary N) is 1. The molecule has 0 bridgehead atoms. The minimum absolute atomic E-state index is 0. The van der Waals surface area contributed by atoms with Crippen molar-refractivity contribution in [2.24, 2.45) is 10.7 Å². The largest absolute Gasteiger partial charge is 0.387 e. The summed E-state index contributed by atoms with van der Waals surface area (Å²) in [4.78, 5) is 5.90. The highest BCUT2D eigenvalue weighted by Crippen LogP contribution is 2.30. The van der Waals surface area contributed by atoms with E-state index in [4.69, 9.17) is 5.73 Å². The Hall–Kier alpha value is -0.320. The summed E-state index contributed by atoms with van der Waals surface area (Å²) >= 11 is 0. The average molecular weight is 317 g/mol. The molecule has 1 aliphatic carbocycles. The van der Waals surface area contributed by atoms with E-state index < -0.39 is 0 Å². The van der Waals surface area contributed by atoms with Crippen molar-refractivity contribution in [3.8, 4) is 0 Å². The Morgan fingerprint density at radius 2 is 1.84 bits per heavy atom. The van der Waals surface area contributed by atoms with Gasteiger partial charge in [-0.15, -0.1) is 12.4 Å². The summed E-state index contributed by atoms with van der Waals surface area (Å²) in [5.41, 5.74) is 5.98. The third-order valence-electron chi connectivity index (χ3n) is 3.03. The van der Waals surface area contributed by atoms with E-state index in [2.05, 4.69) is 29.3 Å². The highest BCUT2D eigenvalue weighted by molar-refractivity contribution is 8.76. The van der Waals surface area contributed by atoms with Crippen LogP contribution in [-0.4, -0.2) is 17.6 Å². The van der Waals surface area contributed by atoms with Gasteiger partial charge in [-0.05, 0) is 25.0 Å². The zero-order chi connectivity index (χ0) is 12.6. The van der Waals surface area contributed by atoms with Gasteiger partial charge in [0.1, 0.15) is 5.84 Å². The molecule has 0 spiro atoms. The summed E-state index contributed by atoms with van der Waals surface area (Å²) in [6.45, 7) is 0. The molecule has 0 heterocycles. The third kappa shape index (κ3) is 6.59. The Labute approximate surface area is 129 Å². The van der Waals surface area contributed by atoms with Gasteiger partial charge in [0, 0.05) is 4.90 Å². The molecular weight excluding hydrogens is 296 g/mol. The fourth-order valence-corrected chi connectivity index (χ4v) is 4.05. The summed E-state index contributed by atoms with van der Waals surface area (Å²) in [5, 5.41) is 0. The molecule has 0 atom stereocenters. The molecule has 2 N–H and O–H groups in total. The molecule has 0 aromatic heterocycles. The lowest BCUT2D eigenvalue weighted by Gasteiger charge is -2.18. The number of aliphatic imine (C=N–C) groups is 1. The van der Waals surface area contributed by atoms with E-state index in [0.29, 0.717) is 6.04 Å². The van der Waals surface area contributed by atoms with Crippen molar-refractivity contribution in [2.75, 3.05) is 5.75 Å². The molecule has 106 valence electrons. The maximum atomic E-state index is 5.98. The second-order valence-corrected chi connectivity index (χ2v) is 6.94. The van der Waals surface area contributed by atoms with Crippen LogP contribution in [0.4, 0.5) is 0 Å². The van der Waals surface area contributed by atoms with Gasteiger partial charge < -0.3 is 5.73 Å². The molecule has 0 amide bonds. The molecular formula is C14H21ClN2S2. The molecule has 1 aromatic carbocycles. The highest BCUT2D eigenvalue weighted by atomic mass is 35.5. The first kappa shape index (κ1) is 16.7. The van der Waals surface area contributed by atoms with E-state index in [1.54, 1.807) is 21.6 Å². The van der Waals surface area contributed by atoms with Crippen LogP contribution in [0, 0.1) is 0 Å². The predicted octanol–water partition coefficient (Wildman–Crippen LogP) is 4.54. The first-order chi connectivity index (χ1) is 8.84. The molecule has 1 saturated carbocycles. The van der Waals surface area contributed by atoms with Gasteiger partial charge in [0.15, 0.2) is 0 Å². The Morgan fingerprint density at radius 1 is 1.16 bits per heavy atom. The smallest absolute Gasteiger partial charge is 0.105 e. The van der Waals surface area contributed by atoms with Crippen LogP contribution < -0.4 is 5.73 Å². The summed E-state index contributed by atoms with van der Waals surface area (Å²) in [6, 6.07) is 10.9. The number of halogens is 1. The van der Waals surface area contributed by atoms with E-state index in [0.717, 1.165) is 11.6 Å². The van der Waals surface area contributed by atoms with Crippen LogP contribution in [0.1, 0.15) is 32.1 Å². The normalized spacial score (nSPS) is 16.9. The van der Waals surface area contributed by atoms with Crippen molar-refractivity contribution < 1.29 is 0 Å². The number of hydrogen-bond donors (Lipinski definition) is 1. The molecule has 0 saturated heterocycles. The summed E-state index contributed by atoms with van der Waals surface area (Å²) in [7, 11) is 3.53. The lowest BCUT2D eigenvalue weighted by atomic mass is 9.96. The molecule has 1 fully saturated rings. The van der Waals surface area contributed by atoms with Crippen molar-refractivity contribution >= 4 is 39.8 Å². The molecule has 0 aliphatic heterocycles. The molecule has 0 radical (unpaired) electrons. The highest BCUT2D eigenvalue weighted by Gasteiger charge is 2.12. The number of nitrogens with zero attached hydrogens (tertiary/aromatic N) is 1. The van der Waals surface area contributed by atoms with E-state index in [1.165, 1.54) is 37.0 Å². The van der Waals surface area contributed by atoms with Gasteiger partial charge in [0.25, 0.3) is 0 Å². The molecule has 2 rings (SSSR count). The van der Waals surface area contributed by atoms with Gasteiger partial charge in [-0.1, -0.05) is 59.0 Å².